The third-order valence-corrected chi connectivity index (χ3v) is 3.88. The van der Waals surface area contributed by atoms with Gasteiger partial charge in [0.1, 0.15) is 15.8 Å². The molecule has 1 heterocycles. The highest BCUT2D eigenvalue weighted by atomic mass is 32.1. The highest BCUT2D eigenvalue weighted by Gasteiger charge is 2.39. The highest BCUT2D eigenvalue weighted by Crippen LogP contribution is 2.34. The molecule has 17 heavy (non-hydrogen) atoms. The summed E-state index contributed by atoms with van der Waals surface area (Å²) in [5.74, 6) is 0.189. The van der Waals surface area contributed by atoms with Crippen molar-refractivity contribution < 1.29 is 4.79 Å². The van der Waals surface area contributed by atoms with Gasteiger partial charge in [0, 0.05) is 11.0 Å². The average molecular weight is 269 g/mol. The molecule has 0 atom stereocenters. The van der Waals surface area contributed by atoms with E-state index in [1.807, 2.05) is 30.9 Å². The molecule has 0 aromatic rings. The molecule has 0 fully saturated rings. The van der Waals surface area contributed by atoms with Gasteiger partial charge in [0.15, 0.2) is 0 Å². The summed E-state index contributed by atoms with van der Waals surface area (Å²) in [7, 11) is 0. The molecule has 2 nitrogen and oxygen atoms in total. The van der Waals surface area contributed by atoms with E-state index in [1.165, 1.54) is 0 Å². The number of carbonyl (C=O) groups excluding carboxylic acids is 1. The van der Waals surface area contributed by atoms with Crippen molar-refractivity contribution in [3.63, 3.8) is 0 Å². The van der Waals surface area contributed by atoms with Crippen LogP contribution < -0.4 is 0 Å². The second-order valence-corrected chi connectivity index (χ2v) is 6.61. The van der Waals surface area contributed by atoms with Crippen molar-refractivity contribution in [1.82, 2.24) is 4.90 Å². The van der Waals surface area contributed by atoms with E-state index in [1.54, 1.807) is 6.92 Å². The SMILES string of the molecule is CC(=O)C(C)(C)CC(C)(C)N1C(=S)C=CC1=S. The standard InChI is InChI=1S/C13H19NOS2/c1-9(15)12(2,3)8-13(4,5)14-10(16)6-7-11(14)17/h6-7H,8H2,1-5H3. The summed E-state index contributed by atoms with van der Waals surface area (Å²) in [6, 6.07) is 0. The van der Waals surface area contributed by atoms with Crippen LogP contribution in [0.4, 0.5) is 0 Å². The zero-order valence-corrected chi connectivity index (χ0v) is 12.7. The lowest BCUT2D eigenvalue weighted by atomic mass is 9.77. The minimum atomic E-state index is -0.364. The van der Waals surface area contributed by atoms with Gasteiger partial charge in [-0.3, -0.25) is 4.79 Å². The summed E-state index contributed by atoms with van der Waals surface area (Å²) in [6.45, 7) is 9.71. The maximum Gasteiger partial charge on any atom is 0.135 e. The molecule has 94 valence electrons. The molecule has 0 aromatic heterocycles. The van der Waals surface area contributed by atoms with E-state index in [9.17, 15) is 4.79 Å². The summed E-state index contributed by atoms with van der Waals surface area (Å²) in [4.78, 5) is 15.1. The van der Waals surface area contributed by atoms with Crippen molar-refractivity contribution in [2.75, 3.05) is 0 Å². The van der Waals surface area contributed by atoms with Crippen molar-refractivity contribution in [2.45, 2.75) is 46.6 Å². The van der Waals surface area contributed by atoms with Gasteiger partial charge in [-0.25, -0.2) is 0 Å². The van der Waals surface area contributed by atoms with Gasteiger partial charge in [-0.2, -0.15) is 0 Å². The van der Waals surface area contributed by atoms with E-state index in [0.29, 0.717) is 0 Å². The zero-order valence-electron chi connectivity index (χ0n) is 11.0. The second kappa shape index (κ2) is 4.58. The van der Waals surface area contributed by atoms with Crippen LogP contribution in [-0.2, 0) is 4.79 Å². The Morgan fingerprint density at radius 1 is 1.18 bits per heavy atom. The fraction of sp³-hybridized carbons (Fsp3) is 0.615. The van der Waals surface area contributed by atoms with E-state index >= 15 is 0 Å². The van der Waals surface area contributed by atoms with E-state index < -0.39 is 0 Å². The van der Waals surface area contributed by atoms with Crippen molar-refractivity contribution >= 4 is 40.2 Å². The first-order chi connectivity index (χ1) is 7.58. The number of Topliss-reactive ketones (excluding diaryl/α,β-unsaturated/α-hetero) is 1. The quantitative estimate of drug-likeness (QED) is 0.729. The fourth-order valence-electron chi connectivity index (χ4n) is 2.28. The van der Waals surface area contributed by atoms with Crippen LogP contribution in [0.25, 0.3) is 0 Å². The molecule has 0 amide bonds. The molecule has 1 rings (SSSR count). The average Bonchev–Trinajstić information content (AvgIpc) is 2.44. The Morgan fingerprint density at radius 3 is 1.94 bits per heavy atom. The summed E-state index contributed by atoms with van der Waals surface area (Å²) in [5, 5.41) is 0. The lowest BCUT2D eigenvalue weighted by molar-refractivity contribution is -0.126. The Balaban J connectivity index is 2.93. The number of hydrogen-bond donors (Lipinski definition) is 0. The summed E-state index contributed by atoms with van der Waals surface area (Å²) in [5.41, 5.74) is -0.607. The van der Waals surface area contributed by atoms with Crippen LogP contribution in [0.2, 0.25) is 0 Å². The van der Waals surface area contributed by atoms with Crippen LogP contribution in [0.15, 0.2) is 12.2 Å². The third kappa shape index (κ3) is 2.99. The maximum absolute atomic E-state index is 11.6. The predicted octanol–water partition coefficient (Wildman–Crippen LogP) is 3.30. The molecule has 0 bridgehead atoms. The van der Waals surface area contributed by atoms with Gasteiger partial charge in [0.05, 0.1) is 0 Å². The van der Waals surface area contributed by atoms with Crippen molar-refractivity contribution in [1.29, 1.82) is 0 Å². The highest BCUT2D eigenvalue weighted by molar-refractivity contribution is 7.82. The molecular weight excluding hydrogens is 250 g/mol. The normalized spacial score (nSPS) is 16.9. The van der Waals surface area contributed by atoms with E-state index in [0.717, 1.165) is 16.4 Å². The van der Waals surface area contributed by atoms with Crippen LogP contribution >= 0.6 is 24.4 Å². The number of carbonyl (C=O) groups is 1. The Hall–Kier alpha value is -0.610. The number of nitrogens with zero attached hydrogens (tertiary/aromatic N) is 1. The van der Waals surface area contributed by atoms with Crippen LogP contribution in [0.1, 0.15) is 41.0 Å². The second-order valence-electron chi connectivity index (χ2n) is 5.77. The smallest absolute Gasteiger partial charge is 0.135 e. The molecule has 1 aliphatic heterocycles. The van der Waals surface area contributed by atoms with E-state index in [-0.39, 0.29) is 16.7 Å². The molecule has 0 saturated carbocycles. The molecule has 0 radical (unpaired) electrons. The van der Waals surface area contributed by atoms with Crippen LogP contribution in [0, 0.1) is 5.41 Å². The van der Waals surface area contributed by atoms with Crippen molar-refractivity contribution in [3.05, 3.63) is 12.2 Å². The minimum Gasteiger partial charge on any atom is -0.318 e. The minimum absolute atomic E-state index is 0.189. The number of ketones is 1. The fourth-order valence-corrected chi connectivity index (χ4v) is 3.17. The van der Waals surface area contributed by atoms with Gasteiger partial charge >= 0.3 is 0 Å². The summed E-state index contributed by atoms with van der Waals surface area (Å²) < 4.78 is 0. The molecule has 0 aliphatic carbocycles. The first-order valence-electron chi connectivity index (χ1n) is 5.65. The Labute approximate surface area is 114 Å². The molecule has 0 aromatic carbocycles. The van der Waals surface area contributed by atoms with Gasteiger partial charge in [-0.1, -0.05) is 38.3 Å². The molecule has 0 N–H and O–H groups in total. The summed E-state index contributed by atoms with van der Waals surface area (Å²) >= 11 is 10.6. The molecule has 1 aliphatic rings. The zero-order chi connectivity index (χ0) is 13.4. The predicted molar refractivity (Wildman–Crippen MR) is 79.3 cm³/mol. The van der Waals surface area contributed by atoms with Crippen LogP contribution in [0.5, 0.6) is 0 Å². The molecule has 4 heteroatoms. The van der Waals surface area contributed by atoms with Crippen LogP contribution in [-0.4, -0.2) is 26.2 Å². The first kappa shape index (κ1) is 14.5. The molecule has 0 spiro atoms. The number of rotatable bonds is 4. The molecular formula is C13H19NOS2. The monoisotopic (exact) mass is 269 g/mol. The van der Waals surface area contributed by atoms with Crippen molar-refractivity contribution in [3.8, 4) is 0 Å². The number of thiocarbonyl (C=S) groups is 2. The van der Waals surface area contributed by atoms with Gasteiger partial charge in [0.25, 0.3) is 0 Å². The van der Waals surface area contributed by atoms with Gasteiger partial charge in [-0.05, 0) is 39.3 Å². The largest absolute Gasteiger partial charge is 0.318 e. The Kier molecular flexibility index (Phi) is 3.89. The van der Waals surface area contributed by atoms with Crippen LogP contribution in [0.3, 0.4) is 0 Å². The Morgan fingerprint density at radius 2 is 1.59 bits per heavy atom. The van der Waals surface area contributed by atoms with E-state index in [4.69, 9.17) is 24.4 Å². The lowest BCUT2D eigenvalue weighted by Gasteiger charge is -2.41. The third-order valence-electron chi connectivity index (χ3n) is 3.24. The topological polar surface area (TPSA) is 20.3 Å². The molecule has 0 unspecified atom stereocenters. The maximum atomic E-state index is 11.6. The van der Waals surface area contributed by atoms with Gasteiger partial charge in [-0.15, -0.1) is 0 Å². The van der Waals surface area contributed by atoms with Crippen molar-refractivity contribution in [2.24, 2.45) is 5.41 Å². The summed E-state index contributed by atoms with van der Waals surface area (Å²) in [6.07, 6.45) is 4.41. The number of hydrogen-bond acceptors (Lipinski definition) is 3. The van der Waals surface area contributed by atoms with Gasteiger partial charge < -0.3 is 4.90 Å². The first-order valence-corrected chi connectivity index (χ1v) is 6.47. The lowest BCUT2D eigenvalue weighted by Crippen LogP contribution is -2.49. The van der Waals surface area contributed by atoms with E-state index in [2.05, 4.69) is 13.8 Å². The molecule has 0 saturated heterocycles. The van der Waals surface area contributed by atoms with Gasteiger partial charge in [0.2, 0.25) is 0 Å². The Bertz CT molecular complexity index is 390.